The summed E-state index contributed by atoms with van der Waals surface area (Å²) in [7, 11) is -1.49. The quantitative estimate of drug-likeness (QED) is 0.809. The van der Waals surface area contributed by atoms with Gasteiger partial charge in [-0.3, -0.25) is 0 Å². The van der Waals surface area contributed by atoms with Crippen LogP contribution in [0.25, 0.3) is 0 Å². The van der Waals surface area contributed by atoms with Gasteiger partial charge in [0.05, 0.1) is 4.90 Å². The molecule has 0 amide bonds. The molecule has 2 rings (SSSR count). The first-order valence-corrected chi connectivity index (χ1v) is 8.49. The number of nitrogens with one attached hydrogen (secondary N) is 1. The van der Waals surface area contributed by atoms with Crippen molar-refractivity contribution < 1.29 is 8.42 Å². The molecule has 1 aliphatic rings. The Morgan fingerprint density at radius 2 is 2.28 bits per heavy atom. The van der Waals surface area contributed by atoms with Crippen molar-refractivity contribution >= 4 is 32.6 Å². The number of benzene rings is 1. The van der Waals surface area contributed by atoms with E-state index in [1.54, 1.807) is 22.5 Å². The van der Waals surface area contributed by atoms with Crippen molar-refractivity contribution in [2.45, 2.75) is 23.8 Å². The summed E-state index contributed by atoms with van der Waals surface area (Å²) in [5.74, 6) is 0. The summed E-state index contributed by atoms with van der Waals surface area (Å²) in [6.07, 6.45) is 1.87. The standard InChI is InChI=1S/C12H17IN2O2S/c1-14-9-11-5-3-7-15(11)18(16,17)12-6-2-4-10(13)8-12/h2,4,6,8,11,14H,3,5,7,9H2,1H3. The van der Waals surface area contributed by atoms with E-state index < -0.39 is 10.0 Å². The van der Waals surface area contributed by atoms with Gasteiger partial charge in [0.15, 0.2) is 0 Å². The van der Waals surface area contributed by atoms with Crippen molar-refractivity contribution in [2.75, 3.05) is 20.1 Å². The number of likely N-dealkylation sites (N-methyl/N-ethyl adjacent to an activating group) is 1. The molecular formula is C12H17IN2O2S. The number of hydrogen-bond donors (Lipinski definition) is 1. The third kappa shape index (κ3) is 2.87. The Morgan fingerprint density at radius 3 is 2.94 bits per heavy atom. The molecule has 0 bridgehead atoms. The maximum Gasteiger partial charge on any atom is 0.243 e. The van der Waals surface area contributed by atoms with Crippen molar-refractivity contribution in [2.24, 2.45) is 0 Å². The second-order valence-electron chi connectivity index (χ2n) is 4.43. The van der Waals surface area contributed by atoms with Gasteiger partial charge in [0.25, 0.3) is 0 Å². The molecule has 0 radical (unpaired) electrons. The van der Waals surface area contributed by atoms with Crippen LogP contribution in [0.4, 0.5) is 0 Å². The van der Waals surface area contributed by atoms with E-state index in [2.05, 4.69) is 27.9 Å². The fourth-order valence-electron chi connectivity index (χ4n) is 2.33. The maximum atomic E-state index is 12.6. The van der Waals surface area contributed by atoms with Crippen LogP contribution >= 0.6 is 22.6 Å². The Bertz CT molecular complexity index is 519. The van der Waals surface area contributed by atoms with Crippen LogP contribution in [0.3, 0.4) is 0 Å². The lowest BCUT2D eigenvalue weighted by Gasteiger charge is -2.23. The first-order valence-electron chi connectivity index (χ1n) is 5.97. The van der Waals surface area contributed by atoms with E-state index in [1.807, 2.05) is 13.1 Å². The molecule has 1 heterocycles. The molecule has 0 spiro atoms. The molecule has 1 aliphatic heterocycles. The number of halogens is 1. The second kappa shape index (κ2) is 5.85. The lowest BCUT2D eigenvalue weighted by Crippen LogP contribution is -2.40. The van der Waals surface area contributed by atoms with Crippen LogP contribution in [0, 0.1) is 3.57 Å². The van der Waals surface area contributed by atoms with Gasteiger partial charge in [0.1, 0.15) is 0 Å². The third-order valence-electron chi connectivity index (χ3n) is 3.17. The van der Waals surface area contributed by atoms with Crippen molar-refractivity contribution in [3.63, 3.8) is 0 Å². The minimum atomic E-state index is -3.34. The predicted octanol–water partition coefficient (Wildman–Crippen LogP) is 1.66. The summed E-state index contributed by atoms with van der Waals surface area (Å²) in [5.41, 5.74) is 0. The molecule has 1 N–H and O–H groups in total. The lowest BCUT2D eigenvalue weighted by molar-refractivity contribution is 0.379. The molecule has 1 aromatic carbocycles. The Hall–Kier alpha value is -0.180. The molecule has 4 nitrogen and oxygen atoms in total. The monoisotopic (exact) mass is 380 g/mol. The molecule has 1 fully saturated rings. The van der Waals surface area contributed by atoms with Crippen LogP contribution in [-0.2, 0) is 10.0 Å². The van der Waals surface area contributed by atoms with Gasteiger partial charge in [-0.25, -0.2) is 8.42 Å². The van der Waals surface area contributed by atoms with Crippen LogP contribution in [0.2, 0.25) is 0 Å². The van der Waals surface area contributed by atoms with Crippen LogP contribution in [0.5, 0.6) is 0 Å². The smallest absolute Gasteiger partial charge is 0.243 e. The number of hydrogen-bond acceptors (Lipinski definition) is 3. The molecule has 0 aromatic heterocycles. The Labute approximate surface area is 122 Å². The average molecular weight is 380 g/mol. The van der Waals surface area contributed by atoms with Crippen LogP contribution in [0.15, 0.2) is 29.2 Å². The van der Waals surface area contributed by atoms with Gasteiger partial charge in [-0.05, 0) is 60.7 Å². The summed E-state index contributed by atoms with van der Waals surface area (Å²) in [6, 6.07) is 7.17. The third-order valence-corrected chi connectivity index (χ3v) is 5.78. The predicted molar refractivity (Wildman–Crippen MR) is 80.0 cm³/mol. The summed E-state index contributed by atoms with van der Waals surface area (Å²) >= 11 is 2.14. The highest BCUT2D eigenvalue weighted by atomic mass is 127. The first-order chi connectivity index (χ1) is 8.55. The van der Waals surface area contributed by atoms with Gasteiger partial charge in [-0.2, -0.15) is 4.31 Å². The van der Waals surface area contributed by atoms with Crippen molar-refractivity contribution in [1.29, 1.82) is 0 Å². The van der Waals surface area contributed by atoms with E-state index in [4.69, 9.17) is 0 Å². The lowest BCUT2D eigenvalue weighted by atomic mass is 10.2. The summed E-state index contributed by atoms with van der Waals surface area (Å²) in [4.78, 5) is 0.400. The van der Waals surface area contributed by atoms with E-state index in [-0.39, 0.29) is 6.04 Å². The largest absolute Gasteiger partial charge is 0.318 e. The number of nitrogens with zero attached hydrogens (tertiary/aromatic N) is 1. The number of sulfonamides is 1. The molecule has 18 heavy (non-hydrogen) atoms. The summed E-state index contributed by atoms with van der Waals surface area (Å²) in [5, 5.41) is 3.07. The van der Waals surface area contributed by atoms with Crippen molar-refractivity contribution in [3.8, 4) is 0 Å². The summed E-state index contributed by atoms with van der Waals surface area (Å²) < 4.78 is 27.7. The highest BCUT2D eigenvalue weighted by Gasteiger charge is 2.34. The summed E-state index contributed by atoms with van der Waals surface area (Å²) in [6.45, 7) is 1.34. The molecule has 0 saturated carbocycles. The molecule has 6 heteroatoms. The topological polar surface area (TPSA) is 49.4 Å². The molecule has 0 aliphatic carbocycles. The molecule has 1 unspecified atom stereocenters. The van der Waals surface area contributed by atoms with Gasteiger partial charge in [-0.15, -0.1) is 0 Å². The van der Waals surface area contributed by atoms with E-state index in [0.29, 0.717) is 18.0 Å². The zero-order valence-corrected chi connectivity index (χ0v) is 13.2. The highest BCUT2D eigenvalue weighted by molar-refractivity contribution is 14.1. The average Bonchev–Trinajstić information content (AvgIpc) is 2.78. The van der Waals surface area contributed by atoms with E-state index in [0.717, 1.165) is 16.4 Å². The van der Waals surface area contributed by atoms with Crippen LogP contribution < -0.4 is 5.32 Å². The molecule has 1 saturated heterocycles. The fourth-order valence-corrected chi connectivity index (χ4v) is 4.82. The van der Waals surface area contributed by atoms with Crippen molar-refractivity contribution in [1.82, 2.24) is 9.62 Å². The maximum absolute atomic E-state index is 12.6. The molecule has 1 atom stereocenters. The fraction of sp³-hybridized carbons (Fsp3) is 0.500. The molecular weight excluding hydrogens is 363 g/mol. The highest BCUT2D eigenvalue weighted by Crippen LogP contribution is 2.26. The van der Waals surface area contributed by atoms with Gasteiger partial charge >= 0.3 is 0 Å². The molecule has 1 aromatic rings. The van der Waals surface area contributed by atoms with E-state index in [9.17, 15) is 8.42 Å². The second-order valence-corrected chi connectivity index (χ2v) is 7.56. The van der Waals surface area contributed by atoms with Crippen LogP contribution in [-0.4, -0.2) is 38.9 Å². The minimum absolute atomic E-state index is 0.0814. The Morgan fingerprint density at radius 1 is 1.50 bits per heavy atom. The van der Waals surface area contributed by atoms with E-state index >= 15 is 0 Å². The Kier molecular flexibility index (Phi) is 4.63. The van der Waals surface area contributed by atoms with E-state index in [1.165, 1.54) is 0 Å². The van der Waals surface area contributed by atoms with Gasteiger partial charge in [0, 0.05) is 22.7 Å². The van der Waals surface area contributed by atoms with Gasteiger partial charge < -0.3 is 5.32 Å². The minimum Gasteiger partial charge on any atom is -0.318 e. The number of rotatable bonds is 4. The first kappa shape index (κ1) is 14.2. The van der Waals surface area contributed by atoms with Gasteiger partial charge in [0.2, 0.25) is 10.0 Å². The van der Waals surface area contributed by atoms with Crippen molar-refractivity contribution in [3.05, 3.63) is 27.8 Å². The van der Waals surface area contributed by atoms with Crippen LogP contribution in [0.1, 0.15) is 12.8 Å². The normalized spacial score (nSPS) is 21.3. The zero-order chi connectivity index (χ0) is 13.2. The van der Waals surface area contributed by atoms with Gasteiger partial charge in [-0.1, -0.05) is 6.07 Å². The Balaban J connectivity index is 2.30. The zero-order valence-electron chi connectivity index (χ0n) is 10.3. The molecule has 100 valence electrons. The SMILES string of the molecule is CNCC1CCCN1S(=O)(=O)c1cccc(I)c1.